The molecule has 0 saturated carbocycles. The summed E-state index contributed by atoms with van der Waals surface area (Å²) >= 11 is 0. The lowest BCUT2D eigenvalue weighted by Crippen LogP contribution is -2.37. The van der Waals surface area contributed by atoms with E-state index in [0.717, 1.165) is 34.4 Å². The minimum atomic E-state index is -0.0547. The van der Waals surface area contributed by atoms with E-state index in [1.807, 2.05) is 32.2 Å². The highest BCUT2D eigenvalue weighted by Crippen LogP contribution is 2.29. The lowest BCUT2D eigenvalue weighted by Gasteiger charge is -2.24. The zero-order valence-electron chi connectivity index (χ0n) is 15.0. The lowest BCUT2D eigenvalue weighted by molar-refractivity contribution is -0.130. The van der Waals surface area contributed by atoms with Gasteiger partial charge in [-0.15, -0.1) is 0 Å². The van der Waals surface area contributed by atoms with Crippen LogP contribution in [-0.2, 0) is 16.0 Å². The molecule has 2 N–H and O–H groups in total. The fraction of sp³-hybridized carbons (Fsp3) is 0.421. The fourth-order valence-electron chi connectivity index (χ4n) is 3.76. The van der Waals surface area contributed by atoms with Crippen molar-refractivity contribution >= 4 is 16.8 Å². The van der Waals surface area contributed by atoms with E-state index in [9.17, 15) is 4.79 Å². The van der Waals surface area contributed by atoms with Crippen LogP contribution in [-0.4, -0.2) is 57.3 Å². The highest BCUT2D eigenvalue weighted by atomic mass is 16.5. The summed E-state index contributed by atoms with van der Waals surface area (Å²) in [6.45, 7) is 3.24. The third-order valence-electron chi connectivity index (χ3n) is 5.23. The first-order valence-electron chi connectivity index (χ1n) is 8.90. The number of ether oxygens (including phenoxy) is 1. The number of aryl methyl sites for hydroxylation is 1. The topological polar surface area (TPSA) is 86.9 Å². The van der Waals surface area contributed by atoms with Crippen LogP contribution in [0, 0.1) is 6.92 Å². The molecule has 26 heavy (non-hydrogen) atoms. The number of hydrogen-bond donors (Lipinski definition) is 2. The van der Waals surface area contributed by atoms with Crippen LogP contribution in [0.1, 0.15) is 29.4 Å². The van der Waals surface area contributed by atoms with Crippen LogP contribution in [0.15, 0.2) is 30.6 Å². The van der Waals surface area contributed by atoms with Gasteiger partial charge in [0.25, 0.3) is 0 Å². The van der Waals surface area contributed by atoms with E-state index >= 15 is 0 Å². The smallest absolute Gasteiger partial charge is 0.226 e. The Morgan fingerprint density at radius 3 is 3.04 bits per heavy atom. The molecule has 1 aliphatic rings. The van der Waals surface area contributed by atoms with Crippen molar-refractivity contribution < 1.29 is 9.53 Å². The number of carbonyl (C=O) groups is 1. The highest BCUT2D eigenvalue weighted by Gasteiger charge is 2.33. The number of para-hydroxylation sites is 1. The van der Waals surface area contributed by atoms with Gasteiger partial charge in [-0.25, -0.2) is 4.98 Å². The van der Waals surface area contributed by atoms with Crippen LogP contribution >= 0.6 is 0 Å². The number of carbonyl (C=O) groups excluding carboxylic acids is 1. The summed E-state index contributed by atoms with van der Waals surface area (Å²) in [7, 11) is 1.84. The van der Waals surface area contributed by atoms with E-state index in [1.54, 1.807) is 4.90 Å². The number of hydrogen-bond acceptors (Lipinski definition) is 4. The van der Waals surface area contributed by atoms with Crippen molar-refractivity contribution in [3.8, 4) is 0 Å². The van der Waals surface area contributed by atoms with Gasteiger partial charge in [0.15, 0.2) is 0 Å². The van der Waals surface area contributed by atoms with Gasteiger partial charge in [0, 0.05) is 42.7 Å². The molecule has 1 fully saturated rings. The molecular weight excluding hydrogens is 330 g/mol. The Balaban J connectivity index is 1.45. The molecule has 4 rings (SSSR count). The Labute approximate surface area is 151 Å². The fourth-order valence-corrected chi connectivity index (χ4v) is 3.76. The summed E-state index contributed by atoms with van der Waals surface area (Å²) < 4.78 is 5.85. The molecule has 136 valence electrons. The van der Waals surface area contributed by atoms with E-state index < -0.39 is 0 Å². The van der Waals surface area contributed by atoms with Crippen LogP contribution < -0.4 is 0 Å². The van der Waals surface area contributed by atoms with Crippen LogP contribution in [0.3, 0.4) is 0 Å². The van der Waals surface area contributed by atoms with Crippen molar-refractivity contribution in [3.63, 3.8) is 0 Å². The van der Waals surface area contributed by atoms with Crippen LogP contribution in [0.5, 0.6) is 0 Å². The number of aromatic nitrogens is 4. The van der Waals surface area contributed by atoms with E-state index in [-0.39, 0.29) is 17.9 Å². The molecule has 1 aliphatic heterocycles. The number of fused-ring (bicyclic) bond motifs is 1. The molecule has 3 aromatic rings. The normalized spacial score (nSPS) is 19.9. The van der Waals surface area contributed by atoms with Crippen molar-refractivity contribution in [2.75, 3.05) is 20.2 Å². The van der Waals surface area contributed by atoms with E-state index in [2.05, 4.69) is 26.2 Å². The van der Waals surface area contributed by atoms with Crippen LogP contribution in [0.25, 0.3) is 10.9 Å². The highest BCUT2D eigenvalue weighted by molar-refractivity contribution is 5.90. The predicted molar refractivity (Wildman–Crippen MR) is 97.9 cm³/mol. The summed E-state index contributed by atoms with van der Waals surface area (Å²) in [5.41, 5.74) is 3.18. The van der Waals surface area contributed by atoms with Gasteiger partial charge in [0.1, 0.15) is 12.2 Å². The third-order valence-corrected chi connectivity index (χ3v) is 5.23. The number of rotatable bonds is 5. The molecular formula is C19H23N5O2. The summed E-state index contributed by atoms with van der Waals surface area (Å²) in [5.74, 6) is 1.08. The standard InChI is InChI=1S/C19H23N5O2/c1-12-15(13-5-3-4-6-16(13)22-12)9-18(25)24(2)10-17-14(7-8-26-17)19-20-11-21-23-19/h3-6,11,14,17,22H,7-10H2,1-2H3,(H,20,21,23)/t14-,17-/m1/s1. The molecule has 0 unspecified atom stereocenters. The maximum absolute atomic E-state index is 12.8. The number of amides is 1. The first-order chi connectivity index (χ1) is 12.6. The third kappa shape index (κ3) is 3.10. The average Bonchev–Trinajstić information content (AvgIpc) is 3.35. The Morgan fingerprint density at radius 2 is 2.23 bits per heavy atom. The van der Waals surface area contributed by atoms with E-state index in [4.69, 9.17) is 4.74 Å². The Kier molecular flexibility index (Phi) is 4.46. The average molecular weight is 353 g/mol. The molecule has 7 nitrogen and oxygen atoms in total. The maximum Gasteiger partial charge on any atom is 0.226 e. The van der Waals surface area contributed by atoms with Crippen molar-refractivity contribution in [2.24, 2.45) is 0 Å². The van der Waals surface area contributed by atoms with Crippen LogP contribution in [0.2, 0.25) is 0 Å². The number of nitrogens with one attached hydrogen (secondary N) is 2. The quantitative estimate of drug-likeness (QED) is 0.736. The second-order valence-electron chi connectivity index (χ2n) is 6.90. The lowest BCUT2D eigenvalue weighted by atomic mass is 10.00. The summed E-state index contributed by atoms with van der Waals surface area (Å²) in [6.07, 6.45) is 2.73. The summed E-state index contributed by atoms with van der Waals surface area (Å²) in [5, 5.41) is 7.97. The number of aromatic amines is 2. The van der Waals surface area contributed by atoms with Gasteiger partial charge in [-0.2, -0.15) is 5.10 Å². The molecule has 1 aromatic carbocycles. The Bertz CT molecular complexity index is 902. The van der Waals surface area contributed by atoms with Gasteiger partial charge >= 0.3 is 0 Å². The molecule has 0 radical (unpaired) electrons. The minimum absolute atomic E-state index is 0.0547. The van der Waals surface area contributed by atoms with Gasteiger partial charge < -0.3 is 14.6 Å². The largest absolute Gasteiger partial charge is 0.376 e. The van der Waals surface area contributed by atoms with Gasteiger partial charge in [-0.05, 0) is 25.0 Å². The Morgan fingerprint density at radius 1 is 1.38 bits per heavy atom. The van der Waals surface area contributed by atoms with Gasteiger partial charge in [-0.1, -0.05) is 18.2 Å². The number of benzene rings is 1. The van der Waals surface area contributed by atoms with Gasteiger partial charge in [0.05, 0.1) is 12.5 Å². The number of likely N-dealkylation sites (N-methyl/N-ethyl adjacent to an activating group) is 1. The second-order valence-corrected chi connectivity index (χ2v) is 6.90. The van der Waals surface area contributed by atoms with E-state index in [1.165, 1.54) is 6.33 Å². The second kappa shape index (κ2) is 6.92. The molecule has 7 heteroatoms. The molecule has 0 spiro atoms. The van der Waals surface area contributed by atoms with E-state index in [0.29, 0.717) is 19.6 Å². The zero-order valence-corrected chi connectivity index (χ0v) is 15.0. The predicted octanol–water partition coefficient (Wildman–Crippen LogP) is 2.17. The van der Waals surface area contributed by atoms with Crippen molar-refractivity contribution in [2.45, 2.75) is 31.8 Å². The SMILES string of the molecule is Cc1[nH]c2ccccc2c1CC(=O)N(C)C[C@H]1OCC[C@H]1c1ncn[nH]1. The molecule has 3 heterocycles. The minimum Gasteiger partial charge on any atom is -0.376 e. The number of H-pyrrole nitrogens is 2. The molecule has 1 amide bonds. The summed E-state index contributed by atoms with van der Waals surface area (Å²) in [6, 6.07) is 8.09. The van der Waals surface area contributed by atoms with Crippen LogP contribution in [0.4, 0.5) is 0 Å². The van der Waals surface area contributed by atoms with Crippen molar-refractivity contribution in [1.82, 2.24) is 25.1 Å². The Hall–Kier alpha value is -2.67. The molecule has 2 aromatic heterocycles. The molecule has 2 atom stereocenters. The zero-order chi connectivity index (χ0) is 18.1. The number of nitrogens with zero attached hydrogens (tertiary/aromatic N) is 3. The van der Waals surface area contributed by atoms with Crippen molar-refractivity contribution in [1.29, 1.82) is 0 Å². The first kappa shape index (κ1) is 16.8. The monoisotopic (exact) mass is 353 g/mol. The molecule has 0 aliphatic carbocycles. The van der Waals surface area contributed by atoms with Gasteiger partial charge in [-0.3, -0.25) is 9.89 Å². The van der Waals surface area contributed by atoms with Gasteiger partial charge in [0.2, 0.25) is 5.91 Å². The van der Waals surface area contributed by atoms with Crippen molar-refractivity contribution in [3.05, 3.63) is 47.7 Å². The maximum atomic E-state index is 12.8. The first-order valence-corrected chi connectivity index (χ1v) is 8.90. The summed E-state index contributed by atoms with van der Waals surface area (Å²) in [4.78, 5) is 22.2. The molecule has 0 bridgehead atoms. The molecule has 1 saturated heterocycles.